The van der Waals surface area contributed by atoms with Crippen LogP contribution in [0.3, 0.4) is 0 Å². The summed E-state index contributed by atoms with van der Waals surface area (Å²) in [6.07, 6.45) is 2.55. The van der Waals surface area contributed by atoms with Gasteiger partial charge in [0.1, 0.15) is 13.2 Å². The zero-order chi connectivity index (χ0) is 14.0. The molecule has 0 unspecified atom stereocenters. The molecule has 0 amide bonds. The van der Waals surface area contributed by atoms with Crippen molar-refractivity contribution in [3.63, 3.8) is 0 Å². The van der Waals surface area contributed by atoms with Crippen LogP contribution in [0, 0.1) is 5.41 Å². The van der Waals surface area contributed by atoms with Crippen LogP contribution < -0.4 is 14.8 Å². The van der Waals surface area contributed by atoms with Crippen molar-refractivity contribution in [1.82, 2.24) is 10.2 Å². The van der Waals surface area contributed by atoms with E-state index in [0.717, 1.165) is 24.6 Å². The Kier molecular flexibility index (Phi) is 4.19. The Morgan fingerprint density at radius 2 is 2.05 bits per heavy atom. The number of hydrogen-bond acceptors (Lipinski definition) is 5. The first-order valence-electron chi connectivity index (χ1n) is 7.42. The first-order valence-corrected chi connectivity index (χ1v) is 8.29. The van der Waals surface area contributed by atoms with Crippen LogP contribution in [0.25, 0.3) is 0 Å². The summed E-state index contributed by atoms with van der Waals surface area (Å²) in [5.74, 6) is 1.88. The second-order valence-corrected chi connectivity index (χ2v) is 7.23. The average molecular weight is 296 g/mol. The normalized spacial score (nSPS) is 21.9. The van der Waals surface area contributed by atoms with E-state index in [2.05, 4.69) is 29.6 Å². The number of ether oxygens (including phenoxy) is 2. The molecule has 1 fully saturated rings. The number of nitrogens with zero attached hydrogens (tertiary/aromatic N) is 1. The summed E-state index contributed by atoms with van der Waals surface area (Å²) < 4.78 is 11.3. The molecular weight excluding hydrogens is 272 g/mol. The molecule has 1 saturated heterocycles. The van der Waals surface area contributed by atoms with Crippen LogP contribution in [0.2, 0.25) is 0 Å². The summed E-state index contributed by atoms with van der Waals surface area (Å²) in [5.41, 5.74) is 0.432. The van der Waals surface area contributed by atoms with Crippen molar-refractivity contribution < 1.29 is 9.47 Å². The van der Waals surface area contributed by atoms with E-state index in [1.165, 1.54) is 30.8 Å². The highest BCUT2D eigenvalue weighted by Crippen LogP contribution is 2.39. The van der Waals surface area contributed by atoms with Gasteiger partial charge in [0.25, 0.3) is 0 Å². The number of thiophene rings is 1. The number of likely N-dealkylation sites (tertiary alicyclic amines) is 1. The van der Waals surface area contributed by atoms with Crippen molar-refractivity contribution in [2.24, 2.45) is 5.41 Å². The Bertz CT molecular complexity index is 453. The van der Waals surface area contributed by atoms with Gasteiger partial charge in [-0.1, -0.05) is 6.92 Å². The van der Waals surface area contributed by atoms with E-state index < -0.39 is 0 Å². The number of fused-ring (bicyclic) bond motifs is 1. The summed E-state index contributed by atoms with van der Waals surface area (Å²) in [6, 6.07) is 0. The van der Waals surface area contributed by atoms with Crippen molar-refractivity contribution in [1.29, 1.82) is 0 Å². The fourth-order valence-electron chi connectivity index (χ4n) is 2.85. The molecular formula is C15H24N2O2S. The predicted molar refractivity (Wildman–Crippen MR) is 81.9 cm³/mol. The van der Waals surface area contributed by atoms with E-state index in [0.29, 0.717) is 18.6 Å². The molecule has 1 N–H and O–H groups in total. The zero-order valence-electron chi connectivity index (χ0n) is 12.4. The molecule has 1 aromatic rings. The van der Waals surface area contributed by atoms with Gasteiger partial charge in [-0.15, -0.1) is 11.3 Å². The van der Waals surface area contributed by atoms with E-state index in [-0.39, 0.29) is 0 Å². The van der Waals surface area contributed by atoms with Crippen molar-refractivity contribution in [3.8, 4) is 11.5 Å². The monoisotopic (exact) mass is 296 g/mol. The van der Waals surface area contributed by atoms with Crippen LogP contribution in [0.4, 0.5) is 0 Å². The molecule has 3 rings (SSSR count). The maximum absolute atomic E-state index is 5.72. The molecule has 5 heteroatoms. The molecule has 0 spiro atoms. The van der Waals surface area contributed by atoms with E-state index in [1.807, 2.05) is 0 Å². The largest absolute Gasteiger partial charge is 0.485 e. The van der Waals surface area contributed by atoms with E-state index in [1.54, 1.807) is 11.3 Å². The standard InChI is InChI=1S/C15H24N2O2S/c1-15(3-5-17(2)6-4-15)11-16-9-13-14-12(10-20-13)18-7-8-19-14/h10,16H,3-9,11H2,1-2H3. The Labute approximate surface area is 125 Å². The molecule has 4 nitrogen and oxygen atoms in total. The fraction of sp³-hybridized carbons (Fsp3) is 0.733. The Balaban J connectivity index is 1.51. The predicted octanol–water partition coefficient (Wildman–Crippen LogP) is 2.34. The SMILES string of the molecule is CN1CCC(C)(CNCc2scc3c2OCCO3)CC1. The van der Waals surface area contributed by atoms with E-state index >= 15 is 0 Å². The van der Waals surface area contributed by atoms with Crippen molar-refractivity contribution in [2.45, 2.75) is 26.3 Å². The first kappa shape index (κ1) is 14.2. The lowest BCUT2D eigenvalue weighted by Crippen LogP contribution is -2.41. The van der Waals surface area contributed by atoms with Crippen molar-refractivity contribution in [3.05, 3.63) is 10.3 Å². The summed E-state index contributed by atoms with van der Waals surface area (Å²) in [6.45, 7) is 8.12. The number of piperidine rings is 1. The van der Waals surface area contributed by atoms with Gasteiger partial charge >= 0.3 is 0 Å². The van der Waals surface area contributed by atoms with Crippen LogP contribution in [-0.4, -0.2) is 44.8 Å². The van der Waals surface area contributed by atoms with Crippen LogP contribution in [0.5, 0.6) is 11.5 Å². The minimum atomic E-state index is 0.432. The highest BCUT2D eigenvalue weighted by molar-refractivity contribution is 7.10. The molecule has 2 aliphatic heterocycles. The molecule has 0 radical (unpaired) electrons. The van der Waals surface area contributed by atoms with E-state index in [4.69, 9.17) is 9.47 Å². The second-order valence-electron chi connectivity index (χ2n) is 6.27. The highest BCUT2D eigenvalue weighted by atomic mass is 32.1. The summed E-state index contributed by atoms with van der Waals surface area (Å²) in [5, 5.41) is 5.68. The molecule has 0 atom stereocenters. The lowest BCUT2D eigenvalue weighted by Gasteiger charge is -2.38. The topological polar surface area (TPSA) is 33.7 Å². The molecule has 3 heterocycles. The summed E-state index contributed by atoms with van der Waals surface area (Å²) in [7, 11) is 2.21. The molecule has 20 heavy (non-hydrogen) atoms. The van der Waals surface area contributed by atoms with Crippen LogP contribution in [-0.2, 0) is 6.54 Å². The lowest BCUT2D eigenvalue weighted by molar-refractivity contribution is 0.136. The minimum absolute atomic E-state index is 0.432. The maximum atomic E-state index is 5.72. The van der Waals surface area contributed by atoms with Gasteiger partial charge in [0, 0.05) is 18.5 Å². The molecule has 1 aromatic heterocycles. The fourth-order valence-corrected chi connectivity index (χ4v) is 3.73. The van der Waals surface area contributed by atoms with Gasteiger partial charge in [-0.25, -0.2) is 0 Å². The molecule has 0 aromatic carbocycles. The second kappa shape index (κ2) is 5.92. The molecule has 0 bridgehead atoms. The quantitative estimate of drug-likeness (QED) is 0.925. The smallest absolute Gasteiger partial charge is 0.176 e. The zero-order valence-corrected chi connectivity index (χ0v) is 13.2. The van der Waals surface area contributed by atoms with E-state index in [9.17, 15) is 0 Å². The van der Waals surface area contributed by atoms with Crippen molar-refractivity contribution in [2.75, 3.05) is 39.9 Å². The molecule has 0 aliphatic carbocycles. The molecule has 0 saturated carbocycles. The van der Waals surface area contributed by atoms with Crippen LogP contribution in [0.15, 0.2) is 5.38 Å². The summed E-state index contributed by atoms with van der Waals surface area (Å²) in [4.78, 5) is 3.68. The average Bonchev–Trinajstić information content (AvgIpc) is 2.86. The number of nitrogens with one attached hydrogen (secondary N) is 1. The minimum Gasteiger partial charge on any atom is -0.485 e. The lowest BCUT2D eigenvalue weighted by atomic mass is 9.80. The summed E-state index contributed by atoms with van der Waals surface area (Å²) >= 11 is 1.73. The first-order chi connectivity index (χ1) is 9.66. The van der Waals surface area contributed by atoms with Gasteiger partial charge in [0.15, 0.2) is 11.5 Å². The van der Waals surface area contributed by atoms with Crippen LogP contribution in [0.1, 0.15) is 24.6 Å². The van der Waals surface area contributed by atoms with Gasteiger partial charge in [0.05, 0.1) is 4.88 Å². The van der Waals surface area contributed by atoms with Gasteiger partial charge in [-0.05, 0) is 38.4 Å². The molecule has 2 aliphatic rings. The third-order valence-corrected chi connectivity index (χ3v) is 5.35. The Morgan fingerprint density at radius 1 is 1.30 bits per heavy atom. The maximum Gasteiger partial charge on any atom is 0.176 e. The highest BCUT2D eigenvalue weighted by Gasteiger charge is 2.28. The van der Waals surface area contributed by atoms with Gasteiger partial charge in [-0.3, -0.25) is 0 Å². The van der Waals surface area contributed by atoms with Crippen LogP contribution >= 0.6 is 11.3 Å². The third kappa shape index (κ3) is 3.10. The Hall–Kier alpha value is -0.780. The third-order valence-electron chi connectivity index (χ3n) is 4.40. The Morgan fingerprint density at radius 3 is 2.85 bits per heavy atom. The van der Waals surface area contributed by atoms with Crippen molar-refractivity contribution >= 4 is 11.3 Å². The number of hydrogen-bond donors (Lipinski definition) is 1. The van der Waals surface area contributed by atoms with Gasteiger partial charge < -0.3 is 19.7 Å². The molecule has 112 valence electrons. The van der Waals surface area contributed by atoms with Gasteiger partial charge in [-0.2, -0.15) is 0 Å². The number of rotatable bonds is 4. The van der Waals surface area contributed by atoms with Gasteiger partial charge in [0.2, 0.25) is 0 Å².